The number of rotatable bonds is 4. The topological polar surface area (TPSA) is 67.9 Å². The highest BCUT2D eigenvalue weighted by molar-refractivity contribution is 6.32. The maximum atomic E-state index is 12.6. The van der Waals surface area contributed by atoms with Crippen molar-refractivity contribution in [3.8, 4) is 5.75 Å². The molecule has 6 nitrogen and oxygen atoms in total. The number of benzene rings is 2. The van der Waals surface area contributed by atoms with E-state index in [-0.39, 0.29) is 11.8 Å². The highest BCUT2D eigenvalue weighted by Crippen LogP contribution is 2.27. The average Bonchev–Trinajstić information content (AvgIpc) is 2.68. The fourth-order valence-electron chi connectivity index (χ4n) is 2.69. The van der Waals surface area contributed by atoms with Gasteiger partial charge in [-0.1, -0.05) is 17.7 Å². The summed E-state index contributed by atoms with van der Waals surface area (Å²) in [5, 5.41) is 3.18. The number of morpholine rings is 1. The lowest BCUT2D eigenvalue weighted by Gasteiger charge is -2.27. The van der Waals surface area contributed by atoms with Gasteiger partial charge in [0.2, 0.25) is 0 Å². The SMILES string of the molecule is COc1ccc(NC(=O)c2cccc(C(=O)N3CCOCC3)c2)cc1Cl. The van der Waals surface area contributed by atoms with Crippen molar-refractivity contribution in [1.29, 1.82) is 0 Å². The number of amides is 2. The van der Waals surface area contributed by atoms with Crippen LogP contribution in [0.4, 0.5) is 5.69 Å². The molecular weight excluding hydrogens is 356 g/mol. The van der Waals surface area contributed by atoms with Crippen molar-refractivity contribution in [1.82, 2.24) is 4.90 Å². The molecule has 1 saturated heterocycles. The Bertz CT molecular complexity index is 819. The molecule has 1 aliphatic rings. The van der Waals surface area contributed by atoms with Crippen LogP contribution in [0.15, 0.2) is 42.5 Å². The largest absolute Gasteiger partial charge is 0.495 e. The van der Waals surface area contributed by atoms with Crippen LogP contribution in [-0.4, -0.2) is 50.1 Å². The summed E-state index contributed by atoms with van der Waals surface area (Å²) in [7, 11) is 1.52. The molecule has 0 radical (unpaired) electrons. The number of hydrogen-bond acceptors (Lipinski definition) is 4. The van der Waals surface area contributed by atoms with Gasteiger partial charge in [0, 0.05) is 29.9 Å². The van der Waals surface area contributed by atoms with Gasteiger partial charge in [0.05, 0.1) is 25.3 Å². The first-order chi connectivity index (χ1) is 12.6. The van der Waals surface area contributed by atoms with Gasteiger partial charge in [-0.15, -0.1) is 0 Å². The van der Waals surface area contributed by atoms with Gasteiger partial charge in [-0.2, -0.15) is 0 Å². The van der Waals surface area contributed by atoms with Crippen molar-refractivity contribution < 1.29 is 19.1 Å². The fourth-order valence-corrected chi connectivity index (χ4v) is 2.95. The second kappa shape index (κ2) is 8.21. The third-order valence-corrected chi connectivity index (χ3v) is 4.38. The summed E-state index contributed by atoms with van der Waals surface area (Å²) in [6.45, 7) is 2.17. The van der Waals surface area contributed by atoms with Gasteiger partial charge in [0.1, 0.15) is 5.75 Å². The highest BCUT2D eigenvalue weighted by Gasteiger charge is 2.19. The molecule has 0 atom stereocenters. The lowest BCUT2D eigenvalue weighted by atomic mass is 10.1. The predicted molar refractivity (Wildman–Crippen MR) is 99.1 cm³/mol. The van der Waals surface area contributed by atoms with Crippen LogP contribution in [0.2, 0.25) is 5.02 Å². The fraction of sp³-hybridized carbons (Fsp3) is 0.263. The monoisotopic (exact) mass is 374 g/mol. The van der Waals surface area contributed by atoms with Crippen LogP contribution in [0, 0.1) is 0 Å². The van der Waals surface area contributed by atoms with Crippen LogP contribution in [0.25, 0.3) is 0 Å². The van der Waals surface area contributed by atoms with Crippen molar-refractivity contribution in [2.24, 2.45) is 0 Å². The van der Waals surface area contributed by atoms with Crippen LogP contribution < -0.4 is 10.1 Å². The molecule has 136 valence electrons. The van der Waals surface area contributed by atoms with Gasteiger partial charge in [0.15, 0.2) is 0 Å². The van der Waals surface area contributed by atoms with E-state index in [4.69, 9.17) is 21.1 Å². The summed E-state index contributed by atoms with van der Waals surface area (Å²) in [6, 6.07) is 11.7. The Morgan fingerprint density at radius 1 is 1.12 bits per heavy atom. The normalized spacial score (nSPS) is 14.0. The molecule has 7 heteroatoms. The maximum absolute atomic E-state index is 12.6. The maximum Gasteiger partial charge on any atom is 0.255 e. The van der Waals surface area contributed by atoms with Crippen molar-refractivity contribution in [3.63, 3.8) is 0 Å². The lowest BCUT2D eigenvalue weighted by Crippen LogP contribution is -2.40. The summed E-state index contributed by atoms with van der Waals surface area (Å²) < 4.78 is 10.4. The van der Waals surface area contributed by atoms with Gasteiger partial charge in [0.25, 0.3) is 11.8 Å². The van der Waals surface area contributed by atoms with E-state index < -0.39 is 0 Å². The van der Waals surface area contributed by atoms with Gasteiger partial charge < -0.3 is 19.7 Å². The molecule has 26 heavy (non-hydrogen) atoms. The Morgan fingerprint density at radius 2 is 1.85 bits per heavy atom. The second-order valence-corrected chi connectivity index (χ2v) is 6.20. The van der Waals surface area contributed by atoms with Gasteiger partial charge in [-0.25, -0.2) is 0 Å². The zero-order valence-corrected chi connectivity index (χ0v) is 15.1. The van der Waals surface area contributed by atoms with E-state index >= 15 is 0 Å². The van der Waals surface area contributed by atoms with Crippen molar-refractivity contribution in [3.05, 3.63) is 58.6 Å². The molecular formula is C19H19ClN2O4. The van der Waals surface area contributed by atoms with Gasteiger partial charge >= 0.3 is 0 Å². The number of nitrogens with one attached hydrogen (secondary N) is 1. The van der Waals surface area contributed by atoms with Crippen LogP contribution >= 0.6 is 11.6 Å². The second-order valence-electron chi connectivity index (χ2n) is 5.79. The zero-order chi connectivity index (χ0) is 18.5. The van der Waals surface area contributed by atoms with E-state index in [9.17, 15) is 9.59 Å². The van der Waals surface area contributed by atoms with E-state index in [1.165, 1.54) is 7.11 Å². The number of carbonyl (C=O) groups excluding carboxylic acids is 2. The van der Waals surface area contributed by atoms with E-state index in [1.807, 2.05) is 0 Å². The number of ether oxygens (including phenoxy) is 2. The Hall–Kier alpha value is -2.57. The Labute approximate surface area is 156 Å². The standard InChI is InChI=1S/C19H19ClN2O4/c1-25-17-6-5-15(12-16(17)20)21-18(23)13-3-2-4-14(11-13)19(24)22-7-9-26-10-8-22/h2-6,11-12H,7-10H2,1H3,(H,21,23). The Morgan fingerprint density at radius 3 is 2.54 bits per heavy atom. The van der Waals surface area contributed by atoms with E-state index in [0.29, 0.717) is 53.9 Å². The van der Waals surface area contributed by atoms with Crippen LogP contribution in [-0.2, 0) is 4.74 Å². The minimum atomic E-state index is -0.317. The molecule has 2 amide bonds. The molecule has 1 aliphatic heterocycles. The molecule has 0 unspecified atom stereocenters. The van der Waals surface area contributed by atoms with E-state index in [2.05, 4.69) is 5.32 Å². The summed E-state index contributed by atoms with van der Waals surface area (Å²) >= 11 is 6.08. The molecule has 2 aromatic carbocycles. The molecule has 1 fully saturated rings. The molecule has 2 aromatic rings. The third-order valence-electron chi connectivity index (χ3n) is 4.08. The number of halogens is 1. The Balaban J connectivity index is 1.73. The summed E-state index contributed by atoms with van der Waals surface area (Å²) in [5.74, 6) is 0.112. The average molecular weight is 375 g/mol. The van der Waals surface area contributed by atoms with Crippen molar-refractivity contribution in [2.75, 3.05) is 38.7 Å². The van der Waals surface area contributed by atoms with E-state index in [0.717, 1.165) is 0 Å². The molecule has 3 rings (SSSR count). The molecule has 0 aliphatic carbocycles. The number of nitrogens with zero attached hydrogens (tertiary/aromatic N) is 1. The first kappa shape index (κ1) is 18.2. The predicted octanol–water partition coefficient (Wildman–Crippen LogP) is 3.07. The molecule has 1 heterocycles. The molecule has 1 N–H and O–H groups in total. The van der Waals surface area contributed by atoms with Gasteiger partial charge in [-0.3, -0.25) is 9.59 Å². The lowest BCUT2D eigenvalue weighted by molar-refractivity contribution is 0.0303. The zero-order valence-electron chi connectivity index (χ0n) is 14.3. The molecule has 0 aromatic heterocycles. The first-order valence-corrected chi connectivity index (χ1v) is 8.58. The van der Waals surface area contributed by atoms with Gasteiger partial charge in [-0.05, 0) is 36.4 Å². The van der Waals surface area contributed by atoms with E-state index in [1.54, 1.807) is 47.4 Å². The number of methoxy groups -OCH3 is 1. The molecule has 0 saturated carbocycles. The summed E-state index contributed by atoms with van der Waals surface area (Å²) in [4.78, 5) is 26.8. The molecule has 0 spiro atoms. The van der Waals surface area contributed by atoms with Crippen LogP contribution in [0.1, 0.15) is 20.7 Å². The number of anilines is 1. The Kier molecular flexibility index (Phi) is 5.75. The highest BCUT2D eigenvalue weighted by atomic mass is 35.5. The third kappa shape index (κ3) is 4.15. The number of hydrogen-bond donors (Lipinski definition) is 1. The summed E-state index contributed by atoms with van der Waals surface area (Å²) in [6.07, 6.45) is 0. The first-order valence-electron chi connectivity index (χ1n) is 8.20. The quantitative estimate of drug-likeness (QED) is 0.893. The molecule has 0 bridgehead atoms. The number of carbonyl (C=O) groups is 2. The summed E-state index contributed by atoms with van der Waals surface area (Å²) in [5.41, 5.74) is 1.43. The smallest absolute Gasteiger partial charge is 0.255 e. The van der Waals surface area contributed by atoms with Crippen molar-refractivity contribution >= 4 is 29.1 Å². The minimum Gasteiger partial charge on any atom is -0.495 e. The minimum absolute atomic E-state index is 0.101. The van der Waals surface area contributed by atoms with Crippen LogP contribution in [0.3, 0.4) is 0 Å². The van der Waals surface area contributed by atoms with Crippen molar-refractivity contribution in [2.45, 2.75) is 0 Å². The van der Waals surface area contributed by atoms with Crippen LogP contribution in [0.5, 0.6) is 5.75 Å².